The standard InChI is InChI=1S/C3H7NO2/c1-2(4)3(5)6/h2H,4H2,1H3,(H,5,6)/t2-/m1/s1/i3+1,4+1. The van der Waals surface area contributed by atoms with Gasteiger partial charge in [-0.05, 0) is 6.92 Å². The number of hydrogen-bond acceptors (Lipinski definition) is 2. The van der Waals surface area contributed by atoms with E-state index in [0.29, 0.717) is 0 Å². The van der Waals surface area contributed by atoms with Gasteiger partial charge in [-0.25, -0.2) is 0 Å². The molecule has 0 fully saturated rings. The van der Waals surface area contributed by atoms with Crippen molar-refractivity contribution in [2.45, 2.75) is 13.0 Å². The van der Waals surface area contributed by atoms with E-state index in [4.69, 9.17) is 10.8 Å². The van der Waals surface area contributed by atoms with Gasteiger partial charge in [0.1, 0.15) is 6.04 Å². The molecule has 0 aromatic rings. The molecule has 0 bridgehead atoms. The zero-order chi connectivity index (χ0) is 5.15. The third kappa shape index (κ3) is 1.72. The fourth-order valence-electron chi connectivity index (χ4n) is 0. The highest BCUT2D eigenvalue weighted by Crippen LogP contribution is 1.68. The van der Waals surface area contributed by atoms with Crippen molar-refractivity contribution in [1.82, 2.24) is 0 Å². The third-order valence-electron chi connectivity index (χ3n) is 0.390. The number of carboxylic acids is 1. The topological polar surface area (TPSA) is 63.3 Å². The van der Waals surface area contributed by atoms with Crippen LogP contribution in [0.4, 0.5) is 0 Å². The Bertz CT molecular complexity index is 59.8. The zero-order valence-corrected chi connectivity index (χ0v) is 3.51. The number of nitrogens with two attached hydrogens (primary N) is 1. The molecule has 0 radical (unpaired) electrons. The van der Waals surface area contributed by atoms with Crippen molar-refractivity contribution in [2.24, 2.45) is 5.73 Å². The Hall–Kier alpha value is -0.570. The van der Waals surface area contributed by atoms with E-state index in [0.717, 1.165) is 0 Å². The molecule has 0 saturated heterocycles. The molecule has 3 nitrogen and oxygen atoms in total. The minimum atomic E-state index is -0.963. The molecule has 0 unspecified atom stereocenters. The number of rotatable bonds is 1. The molecule has 0 aliphatic rings. The molecule has 0 aliphatic heterocycles. The first-order chi connectivity index (χ1) is 2.64. The average Bonchev–Trinajstić information content (AvgIpc) is 1.36. The molecule has 0 heterocycles. The Kier molecular flexibility index (Phi) is 1.60. The molecule has 3 heteroatoms. The van der Waals surface area contributed by atoms with Crippen molar-refractivity contribution in [3.8, 4) is 0 Å². The molecule has 3 N–H and O–H groups in total. The first kappa shape index (κ1) is 5.43. The molecular formula is C3H7NO2. The first-order valence-corrected chi connectivity index (χ1v) is 1.63. The molecule has 0 spiro atoms. The fraction of sp³-hybridized carbons (Fsp3) is 0.667. The van der Waals surface area contributed by atoms with Crippen LogP contribution >= 0.6 is 0 Å². The van der Waals surface area contributed by atoms with E-state index in [1.54, 1.807) is 0 Å². The molecule has 0 rings (SSSR count). The van der Waals surface area contributed by atoms with Gasteiger partial charge in [0.15, 0.2) is 0 Å². The summed E-state index contributed by atoms with van der Waals surface area (Å²) in [7, 11) is 0. The molecule has 0 amide bonds. The Morgan fingerprint density at radius 1 is 2.00 bits per heavy atom. The smallest absolute Gasteiger partial charge is 0.320 e. The second-order valence-corrected chi connectivity index (χ2v) is 1.13. The predicted molar refractivity (Wildman–Crippen MR) is 21.3 cm³/mol. The second-order valence-electron chi connectivity index (χ2n) is 1.13. The van der Waals surface area contributed by atoms with Crippen LogP contribution in [0.2, 0.25) is 0 Å². The van der Waals surface area contributed by atoms with Crippen LogP contribution in [0.15, 0.2) is 0 Å². The summed E-state index contributed by atoms with van der Waals surface area (Å²) in [5.74, 6) is -0.963. The van der Waals surface area contributed by atoms with Crippen molar-refractivity contribution in [3.05, 3.63) is 0 Å². The summed E-state index contributed by atoms with van der Waals surface area (Å²) in [6, 6.07) is -0.731. The number of carboxylic acid groups (broad SMARTS) is 1. The van der Waals surface area contributed by atoms with Gasteiger partial charge in [-0.2, -0.15) is 0 Å². The molecule has 36 valence electrons. The van der Waals surface area contributed by atoms with Gasteiger partial charge in [-0.15, -0.1) is 0 Å². The summed E-state index contributed by atoms with van der Waals surface area (Å²) in [4.78, 5) is 9.57. The monoisotopic (exact) mass is 91.0 g/mol. The van der Waals surface area contributed by atoms with Crippen LogP contribution < -0.4 is 5.73 Å². The Morgan fingerprint density at radius 2 is 2.17 bits per heavy atom. The van der Waals surface area contributed by atoms with E-state index in [9.17, 15) is 4.79 Å². The van der Waals surface area contributed by atoms with Gasteiger partial charge in [0, 0.05) is 0 Å². The normalized spacial score (nSPS) is 13.7. The van der Waals surface area contributed by atoms with Gasteiger partial charge < -0.3 is 10.8 Å². The van der Waals surface area contributed by atoms with Crippen molar-refractivity contribution >= 4 is 5.97 Å². The van der Waals surface area contributed by atoms with E-state index < -0.39 is 12.0 Å². The molecule has 0 aromatic heterocycles. The minimum absolute atomic E-state index is 0.731. The van der Waals surface area contributed by atoms with Crippen LogP contribution in [0, 0.1) is 0 Å². The zero-order valence-electron chi connectivity index (χ0n) is 3.51. The predicted octanol–water partition coefficient (Wildman–Crippen LogP) is -0.582. The van der Waals surface area contributed by atoms with Gasteiger partial charge >= 0.3 is 5.97 Å². The lowest BCUT2D eigenvalue weighted by atomic mass is 10.6. The van der Waals surface area contributed by atoms with Gasteiger partial charge in [-0.1, -0.05) is 0 Å². The van der Waals surface area contributed by atoms with E-state index in [1.165, 1.54) is 6.92 Å². The maximum atomic E-state index is 9.57. The van der Waals surface area contributed by atoms with Crippen LogP contribution in [-0.4, -0.2) is 17.1 Å². The van der Waals surface area contributed by atoms with Crippen molar-refractivity contribution in [1.29, 1.82) is 0 Å². The van der Waals surface area contributed by atoms with Crippen molar-refractivity contribution in [3.63, 3.8) is 0 Å². The quantitative estimate of drug-likeness (QED) is 0.335. The molecular weight excluding hydrogens is 84.0 g/mol. The van der Waals surface area contributed by atoms with Crippen LogP contribution in [0.3, 0.4) is 0 Å². The van der Waals surface area contributed by atoms with Gasteiger partial charge in [0.05, 0.1) is 0 Å². The Labute approximate surface area is 35.8 Å². The van der Waals surface area contributed by atoms with Crippen LogP contribution in [0.1, 0.15) is 6.92 Å². The lowest BCUT2D eigenvalue weighted by Gasteiger charge is -1.90. The first-order valence-electron chi connectivity index (χ1n) is 1.63. The maximum absolute atomic E-state index is 9.57. The second kappa shape index (κ2) is 1.77. The van der Waals surface area contributed by atoms with E-state index >= 15 is 0 Å². The molecule has 0 aliphatic carbocycles. The summed E-state index contributed by atoms with van der Waals surface area (Å²) in [5.41, 5.74) is 4.84. The summed E-state index contributed by atoms with van der Waals surface area (Å²) in [6.45, 7) is 1.42. The number of hydrogen-bond donors (Lipinski definition) is 2. The minimum Gasteiger partial charge on any atom is -0.480 e. The van der Waals surface area contributed by atoms with Crippen LogP contribution in [-0.2, 0) is 4.79 Å². The lowest BCUT2D eigenvalue weighted by Crippen LogP contribution is -2.25. The van der Waals surface area contributed by atoms with Crippen LogP contribution in [0.25, 0.3) is 0 Å². The third-order valence-corrected chi connectivity index (χ3v) is 0.390. The highest BCUT2D eigenvalue weighted by molar-refractivity contribution is 5.72. The summed E-state index contributed by atoms with van der Waals surface area (Å²) in [5, 5.41) is 7.87. The molecule has 6 heavy (non-hydrogen) atoms. The molecule has 1 atom stereocenters. The van der Waals surface area contributed by atoms with Crippen LogP contribution in [0.5, 0.6) is 0 Å². The van der Waals surface area contributed by atoms with E-state index in [2.05, 4.69) is 0 Å². The highest BCUT2D eigenvalue weighted by Gasteiger charge is 1.99. The van der Waals surface area contributed by atoms with Gasteiger partial charge in [-0.3, -0.25) is 4.79 Å². The summed E-state index contributed by atoms with van der Waals surface area (Å²) >= 11 is 0. The van der Waals surface area contributed by atoms with Crippen molar-refractivity contribution < 1.29 is 9.90 Å². The molecule has 0 saturated carbocycles. The van der Waals surface area contributed by atoms with Gasteiger partial charge in [0.25, 0.3) is 0 Å². The Morgan fingerprint density at radius 3 is 2.17 bits per heavy atom. The lowest BCUT2D eigenvalue weighted by molar-refractivity contribution is -0.138. The van der Waals surface area contributed by atoms with E-state index in [-0.39, 0.29) is 0 Å². The van der Waals surface area contributed by atoms with Gasteiger partial charge in [0.2, 0.25) is 0 Å². The maximum Gasteiger partial charge on any atom is 0.320 e. The number of carbonyl (C=O) groups is 1. The average molecular weight is 91.1 g/mol. The van der Waals surface area contributed by atoms with Crippen molar-refractivity contribution in [2.75, 3.05) is 0 Å². The largest absolute Gasteiger partial charge is 0.480 e. The fourth-order valence-corrected chi connectivity index (χ4v) is 0. The number of aliphatic carboxylic acids is 1. The SMILES string of the molecule is C[C@@H]([15NH2])[13C](=O)O. The summed E-state index contributed by atoms with van der Waals surface area (Å²) < 4.78 is 0. The van der Waals surface area contributed by atoms with E-state index in [1.807, 2.05) is 0 Å². The highest BCUT2D eigenvalue weighted by atomic mass is 16.5. The molecule has 0 aromatic carbocycles. The Balaban J connectivity index is 3.26. The summed E-state index contributed by atoms with van der Waals surface area (Å²) in [6.07, 6.45) is 0.